The van der Waals surface area contributed by atoms with E-state index in [1.54, 1.807) is 24.0 Å². The number of hydrogen-bond acceptors (Lipinski definition) is 3. The molecule has 1 aromatic heterocycles. The van der Waals surface area contributed by atoms with Gasteiger partial charge in [0, 0.05) is 17.1 Å². The fourth-order valence-electron chi connectivity index (χ4n) is 1.89. The van der Waals surface area contributed by atoms with Gasteiger partial charge in [0.2, 0.25) is 0 Å². The lowest BCUT2D eigenvalue weighted by Crippen LogP contribution is -2.18. The van der Waals surface area contributed by atoms with Crippen LogP contribution in [0.1, 0.15) is 25.5 Å². The van der Waals surface area contributed by atoms with Crippen molar-refractivity contribution >= 4 is 11.8 Å². The molecule has 0 saturated heterocycles. The largest absolute Gasteiger partial charge is 0.310 e. The molecule has 100 valence electrons. The van der Waals surface area contributed by atoms with E-state index in [0.717, 1.165) is 22.0 Å². The first-order valence-corrected chi connectivity index (χ1v) is 7.14. The quantitative estimate of drug-likeness (QED) is 0.892. The van der Waals surface area contributed by atoms with E-state index in [1.807, 2.05) is 38.1 Å². The smallest absolute Gasteiger partial charge is 0.123 e. The molecule has 1 atom stereocenters. The average molecular weight is 276 g/mol. The average Bonchev–Trinajstić information content (AvgIpc) is 2.42. The van der Waals surface area contributed by atoms with Crippen LogP contribution in [0.4, 0.5) is 4.39 Å². The van der Waals surface area contributed by atoms with Gasteiger partial charge in [-0.15, -0.1) is 0 Å². The summed E-state index contributed by atoms with van der Waals surface area (Å²) in [5.74, 6) is -0.204. The van der Waals surface area contributed by atoms with Gasteiger partial charge < -0.3 is 5.32 Å². The summed E-state index contributed by atoms with van der Waals surface area (Å²) in [6, 6.07) is 10.8. The van der Waals surface area contributed by atoms with Gasteiger partial charge in [0.05, 0.1) is 0 Å². The van der Waals surface area contributed by atoms with E-state index < -0.39 is 0 Å². The molecule has 1 N–H and O–H groups in total. The van der Waals surface area contributed by atoms with Gasteiger partial charge in [-0.2, -0.15) is 0 Å². The van der Waals surface area contributed by atoms with E-state index in [9.17, 15) is 4.39 Å². The van der Waals surface area contributed by atoms with Crippen LogP contribution in [-0.4, -0.2) is 11.5 Å². The number of nitrogens with one attached hydrogen (secondary N) is 1. The number of benzene rings is 1. The first-order chi connectivity index (χ1) is 9.20. The van der Waals surface area contributed by atoms with Crippen LogP contribution in [0.5, 0.6) is 0 Å². The zero-order valence-corrected chi connectivity index (χ0v) is 11.9. The molecule has 0 amide bonds. The van der Waals surface area contributed by atoms with E-state index in [4.69, 9.17) is 0 Å². The fourth-order valence-corrected chi connectivity index (χ4v) is 2.86. The van der Waals surface area contributed by atoms with Crippen LogP contribution in [0.25, 0.3) is 0 Å². The van der Waals surface area contributed by atoms with Crippen molar-refractivity contribution < 1.29 is 4.39 Å². The molecule has 0 aliphatic rings. The summed E-state index contributed by atoms with van der Waals surface area (Å²) in [6.45, 7) is 4.94. The first kappa shape index (κ1) is 14.0. The van der Waals surface area contributed by atoms with Crippen LogP contribution in [0.3, 0.4) is 0 Å². The van der Waals surface area contributed by atoms with Gasteiger partial charge in [-0.1, -0.05) is 24.8 Å². The standard InChI is InChI=1S/C15H17FN2S/c1-3-17-11(2)13-10-12(16)7-8-14(13)19-15-6-4-5-9-18-15/h4-11,17H,3H2,1-2H3. The lowest BCUT2D eigenvalue weighted by molar-refractivity contribution is 0.574. The van der Waals surface area contributed by atoms with E-state index in [-0.39, 0.29) is 11.9 Å². The molecule has 2 rings (SSSR count). The SMILES string of the molecule is CCNC(C)c1cc(F)ccc1Sc1ccccn1. The normalized spacial score (nSPS) is 12.4. The topological polar surface area (TPSA) is 24.9 Å². The lowest BCUT2D eigenvalue weighted by Gasteiger charge is -2.16. The second kappa shape index (κ2) is 6.68. The van der Waals surface area contributed by atoms with Crippen molar-refractivity contribution in [2.24, 2.45) is 0 Å². The zero-order chi connectivity index (χ0) is 13.7. The van der Waals surface area contributed by atoms with Gasteiger partial charge in [0.25, 0.3) is 0 Å². The molecule has 1 unspecified atom stereocenters. The monoisotopic (exact) mass is 276 g/mol. The third kappa shape index (κ3) is 3.78. The molecule has 0 fully saturated rings. The molecule has 0 bridgehead atoms. The van der Waals surface area contributed by atoms with Gasteiger partial charge in [-0.3, -0.25) is 0 Å². The number of rotatable bonds is 5. The molecule has 0 aliphatic carbocycles. The number of halogens is 1. The van der Waals surface area contributed by atoms with Gasteiger partial charge in [-0.05, 0) is 49.4 Å². The van der Waals surface area contributed by atoms with Gasteiger partial charge in [0.15, 0.2) is 0 Å². The summed E-state index contributed by atoms with van der Waals surface area (Å²) in [5.41, 5.74) is 0.970. The Labute approximate surface area is 117 Å². The van der Waals surface area contributed by atoms with E-state index in [0.29, 0.717) is 0 Å². The highest BCUT2D eigenvalue weighted by Gasteiger charge is 2.12. The van der Waals surface area contributed by atoms with Crippen LogP contribution in [0.15, 0.2) is 52.5 Å². The molecule has 1 aromatic carbocycles. The van der Waals surface area contributed by atoms with E-state index in [2.05, 4.69) is 10.3 Å². The fraction of sp³-hybridized carbons (Fsp3) is 0.267. The summed E-state index contributed by atoms with van der Waals surface area (Å²) in [6.07, 6.45) is 1.76. The summed E-state index contributed by atoms with van der Waals surface area (Å²) >= 11 is 1.56. The maximum atomic E-state index is 13.4. The molecule has 0 saturated carbocycles. The Morgan fingerprint density at radius 3 is 2.84 bits per heavy atom. The maximum absolute atomic E-state index is 13.4. The molecular weight excluding hydrogens is 259 g/mol. The first-order valence-electron chi connectivity index (χ1n) is 6.32. The Morgan fingerprint density at radius 1 is 1.32 bits per heavy atom. The van der Waals surface area contributed by atoms with Crippen molar-refractivity contribution in [1.82, 2.24) is 10.3 Å². The third-order valence-electron chi connectivity index (χ3n) is 2.80. The van der Waals surface area contributed by atoms with Gasteiger partial charge in [-0.25, -0.2) is 9.37 Å². The van der Waals surface area contributed by atoms with Crippen LogP contribution in [0.2, 0.25) is 0 Å². The van der Waals surface area contributed by atoms with Crippen LogP contribution in [-0.2, 0) is 0 Å². The Balaban J connectivity index is 2.29. The maximum Gasteiger partial charge on any atom is 0.123 e. The molecule has 0 aliphatic heterocycles. The summed E-state index contributed by atoms with van der Waals surface area (Å²) in [4.78, 5) is 5.33. The Hall–Kier alpha value is -1.39. The highest BCUT2D eigenvalue weighted by molar-refractivity contribution is 7.99. The van der Waals surface area contributed by atoms with Crippen molar-refractivity contribution in [3.05, 3.63) is 54.0 Å². The van der Waals surface area contributed by atoms with Crippen molar-refractivity contribution in [3.8, 4) is 0 Å². The minimum absolute atomic E-state index is 0.118. The minimum Gasteiger partial charge on any atom is -0.310 e. The van der Waals surface area contributed by atoms with E-state index in [1.165, 1.54) is 6.07 Å². The Bertz CT molecular complexity index is 531. The Morgan fingerprint density at radius 2 is 2.16 bits per heavy atom. The number of aromatic nitrogens is 1. The Kier molecular flexibility index (Phi) is 4.93. The molecule has 1 heterocycles. The number of nitrogens with zero attached hydrogens (tertiary/aromatic N) is 1. The summed E-state index contributed by atoms with van der Waals surface area (Å²) < 4.78 is 13.4. The molecule has 0 radical (unpaired) electrons. The second-order valence-corrected chi connectivity index (χ2v) is 5.29. The lowest BCUT2D eigenvalue weighted by atomic mass is 10.1. The van der Waals surface area contributed by atoms with Crippen molar-refractivity contribution in [2.45, 2.75) is 29.8 Å². The molecule has 4 heteroatoms. The summed E-state index contributed by atoms with van der Waals surface area (Å²) in [7, 11) is 0. The number of hydrogen-bond donors (Lipinski definition) is 1. The van der Waals surface area contributed by atoms with E-state index >= 15 is 0 Å². The summed E-state index contributed by atoms with van der Waals surface area (Å²) in [5, 5.41) is 4.23. The molecule has 19 heavy (non-hydrogen) atoms. The third-order valence-corrected chi connectivity index (χ3v) is 3.84. The van der Waals surface area contributed by atoms with Crippen molar-refractivity contribution in [1.29, 1.82) is 0 Å². The van der Waals surface area contributed by atoms with Gasteiger partial charge >= 0.3 is 0 Å². The highest BCUT2D eigenvalue weighted by atomic mass is 32.2. The zero-order valence-electron chi connectivity index (χ0n) is 11.1. The predicted octanol–water partition coefficient (Wildman–Crippen LogP) is 4.04. The van der Waals surface area contributed by atoms with Crippen LogP contribution >= 0.6 is 11.8 Å². The van der Waals surface area contributed by atoms with Crippen LogP contribution in [0, 0.1) is 5.82 Å². The molecule has 0 spiro atoms. The second-order valence-electron chi connectivity index (χ2n) is 4.23. The highest BCUT2D eigenvalue weighted by Crippen LogP contribution is 2.32. The molecular formula is C15H17FN2S. The molecule has 2 aromatic rings. The number of pyridine rings is 1. The molecule has 2 nitrogen and oxygen atoms in total. The van der Waals surface area contributed by atoms with Crippen molar-refractivity contribution in [3.63, 3.8) is 0 Å². The van der Waals surface area contributed by atoms with Crippen LogP contribution < -0.4 is 5.32 Å². The van der Waals surface area contributed by atoms with Gasteiger partial charge in [0.1, 0.15) is 10.8 Å². The minimum atomic E-state index is -0.204. The van der Waals surface area contributed by atoms with Crippen molar-refractivity contribution in [2.75, 3.05) is 6.54 Å². The predicted molar refractivity (Wildman–Crippen MR) is 76.9 cm³/mol.